The lowest BCUT2D eigenvalue weighted by Gasteiger charge is -2.54. The van der Waals surface area contributed by atoms with Crippen LogP contribution in [-0.2, 0) is 14.4 Å². The second-order valence-electron chi connectivity index (χ2n) is 12.9. The second kappa shape index (κ2) is 10.0. The van der Waals surface area contributed by atoms with Gasteiger partial charge in [-0.25, -0.2) is 0 Å². The van der Waals surface area contributed by atoms with Crippen molar-refractivity contribution in [1.82, 2.24) is 0 Å². The smallest absolute Gasteiger partial charge is 0.303 e. The van der Waals surface area contributed by atoms with E-state index in [4.69, 9.17) is 0 Å². The first-order chi connectivity index (χ1) is 18.7. The van der Waals surface area contributed by atoms with Gasteiger partial charge in [-0.2, -0.15) is 0 Å². The highest BCUT2D eigenvalue weighted by molar-refractivity contribution is 5.93. The zero-order valence-corrected chi connectivity index (χ0v) is 23.1. The van der Waals surface area contributed by atoms with Crippen molar-refractivity contribution in [1.29, 1.82) is 0 Å². The third-order valence-electron chi connectivity index (χ3n) is 10.9. The van der Waals surface area contributed by atoms with Crippen LogP contribution in [0.15, 0.2) is 47.1 Å². The predicted octanol–water partition coefficient (Wildman–Crippen LogP) is 5.74. The molecule has 0 unspecified atom stereocenters. The van der Waals surface area contributed by atoms with Crippen molar-refractivity contribution in [2.45, 2.75) is 95.5 Å². The zero-order valence-electron chi connectivity index (χ0n) is 23.1. The molecule has 0 radical (unpaired) electrons. The van der Waals surface area contributed by atoms with Crippen molar-refractivity contribution in [2.24, 2.45) is 17.3 Å². The molecule has 6 heteroatoms. The molecule has 3 fully saturated rings. The van der Waals surface area contributed by atoms with Gasteiger partial charge in [0, 0.05) is 43.0 Å². The number of rotatable bonds is 6. The van der Waals surface area contributed by atoms with Crippen LogP contribution >= 0.6 is 0 Å². The largest absolute Gasteiger partial charge is 0.481 e. The Morgan fingerprint density at radius 3 is 2.46 bits per heavy atom. The molecule has 0 spiro atoms. The Kier molecular flexibility index (Phi) is 6.81. The Morgan fingerprint density at radius 1 is 1.00 bits per heavy atom. The fraction of sp³-hybridized carbons (Fsp3) is 0.606. The molecule has 208 valence electrons. The summed E-state index contributed by atoms with van der Waals surface area (Å²) in [6.45, 7) is 4.27. The van der Waals surface area contributed by atoms with E-state index < -0.39 is 17.0 Å². The highest BCUT2D eigenvalue weighted by atomic mass is 16.4. The summed E-state index contributed by atoms with van der Waals surface area (Å²) in [4.78, 5) is 39.4. The number of allylic oxidation sites excluding steroid dienone is 4. The van der Waals surface area contributed by atoms with E-state index in [1.54, 1.807) is 0 Å². The summed E-state index contributed by atoms with van der Waals surface area (Å²) in [7, 11) is 0. The standard InChI is InChI=1S/C33H41NO5/c1-32-20-27(21-5-8-23(9-6-21)34-17-3-2-4-18-34)31-25-12-10-24(35)19-22(25)7-11-26(31)28(32)15-16-33(32,39)29(36)13-14-30(37)38/h5-6,8-9,19,26-28,39H,2-4,7,10-18,20H2,1H3,(H,37,38)/t26-,27+,28-,32-,33-/m0/s1. The summed E-state index contributed by atoms with van der Waals surface area (Å²) in [5.41, 5.74) is 4.32. The zero-order chi connectivity index (χ0) is 27.4. The Balaban J connectivity index is 1.41. The van der Waals surface area contributed by atoms with Gasteiger partial charge in [0.1, 0.15) is 5.60 Å². The quantitative estimate of drug-likeness (QED) is 0.486. The first-order valence-electron chi connectivity index (χ1n) is 15.0. The number of Topliss-reactive ketones (excluding diaryl/α,β-unsaturated/α-hetero) is 1. The predicted molar refractivity (Wildman–Crippen MR) is 150 cm³/mol. The van der Waals surface area contributed by atoms with Gasteiger partial charge in [0.05, 0.1) is 6.42 Å². The van der Waals surface area contributed by atoms with Gasteiger partial charge in [-0.05, 0) is 105 Å². The molecule has 1 aliphatic heterocycles. The number of carbonyl (C=O) groups is 3. The van der Waals surface area contributed by atoms with Gasteiger partial charge in [0.15, 0.2) is 11.6 Å². The molecular formula is C33H41NO5. The summed E-state index contributed by atoms with van der Waals surface area (Å²) in [5, 5.41) is 21.2. The van der Waals surface area contributed by atoms with Crippen molar-refractivity contribution in [3.8, 4) is 0 Å². The van der Waals surface area contributed by atoms with Gasteiger partial charge in [-0.3, -0.25) is 14.4 Å². The van der Waals surface area contributed by atoms with E-state index in [-0.39, 0.29) is 42.2 Å². The van der Waals surface area contributed by atoms with Gasteiger partial charge in [0.2, 0.25) is 0 Å². The summed E-state index contributed by atoms with van der Waals surface area (Å²) < 4.78 is 0. The normalized spacial score (nSPS) is 34.2. The number of piperidine rings is 1. The van der Waals surface area contributed by atoms with E-state index in [0.29, 0.717) is 19.3 Å². The summed E-state index contributed by atoms with van der Waals surface area (Å²) >= 11 is 0. The van der Waals surface area contributed by atoms with Crippen LogP contribution in [0.1, 0.15) is 95.5 Å². The van der Waals surface area contributed by atoms with Crippen LogP contribution in [0.3, 0.4) is 0 Å². The van der Waals surface area contributed by atoms with Crippen molar-refractivity contribution in [3.63, 3.8) is 0 Å². The molecule has 2 saturated carbocycles. The van der Waals surface area contributed by atoms with Crippen molar-refractivity contribution in [2.75, 3.05) is 18.0 Å². The van der Waals surface area contributed by atoms with Gasteiger partial charge in [0.25, 0.3) is 0 Å². The summed E-state index contributed by atoms with van der Waals surface area (Å²) in [6.07, 6.45) is 10.2. The second-order valence-corrected chi connectivity index (χ2v) is 12.9. The summed E-state index contributed by atoms with van der Waals surface area (Å²) in [5.74, 6) is -0.609. The minimum absolute atomic E-state index is 0.0652. The minimum Gasteiger partial charge on any atom is -0.481 e. The van der Waals surface area contributed by atoms with E-state index in [2.05, 4.69) is 36.1 Å². The number of benzene rings is 1. The number of nitrogens with zero attached hydrogens (tertiary/aromatic N) is 1. The third kappa shape index (κ3) is 4.39. The number of ketones is 2. The number of carbonyl (C=O) groups excluding carboxylic acids is 2. The minimum atomic E-state index is -1.51. The number of aliphatic hydroxyl groups is 1. The van der Waals surface area contributed by atoms with Gasteiger partial charge in [-0.15, -0.1) is 0 Å². The Labute approximate surface area is 231 Å². The molecule has 6 nitrogen and oxygen atoms in total. The molecule has 5 atom stereocenters. The first-order valence-corrected chi connectivity index (χ1v) is 15.0. The number of carboxylic acid groups (broad SMARTS) is 1. The van der Waals surface area contributed by atoms with Crippen LogP contribution in [0, 0.1) is 17.3 Å². The molecule has 39 heavy (non-hydrogen) atoms. The first kappa shape index (κ1) is 26.5. The monoisotopic (exact) mass is 531 g/mol. The van der Waals surface area contributed by atoms with Crippen LogP contribution in [0.25, 0.3) is 0 Å². The lowest BCUT2D eigenvalue weighted by molar-refractivity contribution is -0.156. The molecular weight excluding hydrogens is 490 g/mol. The number of anilines is 1. The van der Waals surface area contributed by atoms with Crippen LogP contribution in [-0.4, -0.2) is 46.4 Å². The van der Waals surface area contributed by atoms with E-state index in [0.717, 1.165) is 38.8 Å². The molecule has 1 saturated heterocycles. The lowest BCUT2D eigenvalue weighted by atomic mass is 9.50. The average molecular weight is 532 g/mol. The van der Waals surface area contributed by atoms with Crippen LogP contribution in [0.4, 0.5) is 5.69 Å². The van der Waals surface area contributed by atoms with E-state index in [1.165, 1.54) is 47.2 Å². The SMILES string of the molecule is C[C@]12C[C@H](c3ccc(N4CCCCC4)cc3)C3=C4CCC(=O)C=C4CC[C@H]3[C@@H]1CC[C@]2(O)C(=O)CCC(=O)O. The third-order valence-corrected chi connectivity index (χ3v) is 10.9. The molecule has 0 bridgehead atoms. The molecule has 1 aromatic rings. The number of carboxylic acids is 1. The van der Waals surface area contributed by atoms with Crippen molar-refractivity contribution in [3.05, 3.63) is 52.6 Å². The Hall–Kier alpha value is -2.73. The maximum absolute atomic E-state index is 13.4. The summed E-state index contributed by atoms with van der Waals surface area (Å²) in [6, 6.07) is 8.96. The average Bonchev–Trinajstić information content (AvgIpc) is 3.22. The molecule has 6 rings (SSSR count). The van der Waals surface area contributed by atoms with Crippen LogP contribution in [0.2, 0.25) is 0 Å². The van der Waals surface area contributed by atoms with Crippen LogP contribution in [0.5, 0.6) is 0 Å². The fourth-order valence-electron chi connectivity index (χ4n) is 8.92. The molecule has 0 aromatic heterocycles. The lowest BCUT2D eigenvalue weighted by Crippen LogP contribution is -2.55. The molecule has 2 N–H and O–H groups in total. The fourth-order valence-corrected chi connectivity index (χ4v) is 8.92. The highest BCUT2D eigenvalue weighted by Gasteiger charge is 2.65. The molecule has 4 aliphatic carbocycles. The van der Waals surface area contributed by atoms with E-state index >= 15 is 0 Å². The number of hydrogen-bond acceptors (Lipinski definition) is 5. The van der Waals surface area contributed by atoms with E-state index in [1.807, 2.05) is 6.08 Å². The van der Waals surface area contributed by atoms with Gasteiger partial charge >= 0.3 is 5.97 Å². The number of hydrogen-bond donors (Lipinski definition) is 2. The van der Waals surface area contributed by atoms with Gasteiger partial charge < -0.3 is 15.1 Å². The Bertz CT molecular complexity index is 1240. The van der Waals surface area contributed by atoms with E-state index in [9.17, 15) is 24.6 Å². The van der Waals surface area contributed by atoms with Crippen molar-refractivity contribution < 1.29 is 24.6 Å². The maximum atomic E-state index is 13.4. The topological polar surface area (TPSA) is 94.9 Å². The molecule has 0 amide bonds. The van der Waals surface area contributed by atoms with Crippen LogP contribution < -0.4 is 4.90 Å². The molecule has 1 aromatic carbocycles. The van der Waals surface area contributed by atoms with Crippen molar-refractivity contribution >= 4 is 23.2 Å². The van der Waals surface area contributed by atoms with Gasteiger partial charge in [-0.1, -0.05) is 24.6 Å². The number of fused-ring (bicyclic) bond motifs is 4. The molecule has 5 aliphatic rings. The highest BCUT2D eigenvalue weighted by Crippen LogP contribution is 2.67. The number of aliphatic carboxylic acids is 1. The maximum Gasteiger partial charge on any atom is 0.303 e. The Morgan fingerprint density at radius 2 is 1.74 bits per heavy atom. The molecule has 1 heterocycles.